The molecule has 1 aromatic heterocycles. The first kappa shape index (κ1) is 19.5. The molecule has 0 spiro atoms. The number of fused-ring (bicyclic) bond motifs is 1. The Morgan fingerprint density at radius 3 is 2.60 bits per heavy atom. The largest absolute Gasteiger partial charge is 0.477 e. The molecule has 2 heterocycles. The summed E-state index contributed by atoms with van der Waals surface area (Å²) in [6, 6.07) is 1.80. The highest BCUT2D eigenvalue weighted by molar-refractivity contribution is 5.99. The third-order valence-electron chi connectivity index (χ3n) is 7.24. The average Bonchev–Trinajstić information content (AvgIpc) is 3.16. The van der Waals surface area contributed by atoms with Crippen LogP contribution in [0.4, 0.5) is 14.6 Å². The van der Waals surface area contributed by atoms with Crippen molar-refractivity contribution in [2.75, 3.05) is 18.0 Å². The summed E-state index contributed by atoms with van der Waals surface area (Å²) in [5.74, 6) is -1.55. The number of carbonyl (C=O) groups is 1. The highest BCUT2D eigenvalue weighted by Gasteiger charge is 2.47. The summed E-state index contributed by atoms with van der Waals surface area (Å²) in [6.07, 6.45) is 2.90. The molecule has 3 fully saturated rings. The molecule has 0 radical (unpaired) electrons. The molecule has 0 amide bonds. The number of carboxylic acid groups (broad SMARTS) is 1. The Balaban J connectivity index is 1.75. The van der Waals surface area contributed by atoms with Gasteiger partial charge in [0, 0.05) is 30.4 Å². The smallest absolute Gasteiger partial charge is 0.343 e. The minimum Gasteiger partial charge on any atom is -0.477 e. The molecule has 2 aliphatic carbocycles. The van der Waals surface area contributed by atoms with E-state index in [1.165, 1.54) is 6.07 Å². The lowest BCUT2D eigenvalue weighted by Crippen LogP contribution is -2.53. The van der Waals surface area contributed by atoms with Gasteiger partial charge in [0.15, 0.2) is 0 Å². The molecular formula is C22H25F2N3O3. The number of hydrogen-bond acceptors (Lipinski definition) is 4. The fraction of sp³-hybridized carbons (Fsp3) is 0.545. The van der Waals surface area contributed by atoms with Gasteiger partial charge in [-0.05, 0) is 56.2 Å². The third kappa shape index (κ3) is 2.76. The molecule has 8 heteroatoms. The lowest BCUT2D eigenvalue weighted by Gasteiger charge is -2.43. The van der Waals surface area contributed by atoms with Crippen molar-refractivity contribution in [3.05, 3.63) is 39.3 Å². The summed E-state index contributed by atoms with van der Waals surface area (Å²) in [6.45, 7) is 2.75. The fourth-order valence-corrected chi connectivity index (χ4v) is 5.35. The maximum absolute atomic E-state index is 14.3. The third-order valence-corrected chi connectivity index (χ3v) is 7.24. The zero-order chi connectivity index (χ0) is 21.4. The van der Waals surface area contributed by atoms with Crippen LogP contribution in [0.1, 0.15) is 54.1 Å². The fourth-order valence-electron chi connectivity index (χ4n) is 5.35. The van der Waals surface area contributed by atoms with E-state index >= 15 is 0 Å². The molecule has 1 aliphatic heterocycles. The van der Waals surface area contributed by atoms with Gasteiger partial charge in [-0.2, -0.15) is 0 Å². The highest BCUT2D eigenvalue weighted by Crippen LogP contribution is 2.47. The summed E-state index contributed by atoms with van der Waals surface area (Å²) in [4.78, 5) is 27.2. The zero-order valence-corrected chi connectivity index (χ0v) is 16.8. The number of hydrogen-bond donors (Lipinski definition) is 2. The molecule has 1 saturated heterocycles. The molecule has 5 rings (SSSR count). The van der Waals surface area contributed by atoms with Crippen molar-refractivity contribution >= 4 is 22.7 Å². The molecule has 2 saturated carbocycles. The summed E-state index contributed by atoms with van der Waals surface area (Å²) >= 11 is 0. The maximum atomic E-state index is 14.3. The SMILES string of the molecule is Cc1cc(F)cc2c(=O)c(C(=O)O)c(N3CCC(C4(N)CCC4)C3)n([C@@H]3C[C@@H]3F)c12. The van der Waals surface area contributed by atoms with E-state index in [1.807, 2.05) is 4.90 Å². The van der Waals surface area contributed by atoms with Gasteiger partial charge in [-0.25, -0.2) is 13.6 Å². The number of aryl methyl sites for hydroxylation is 1. The van der Waals surface area contributed by atoms with E-state index in [0.717, 1.165) is 31.7 Å². The Morgan fingerprint density at radius 2 is 2.03 bits per heavy atom. The number of halogens is 2. The molecular weight excluding hydrogens is 392 g/mol. The van der Waals surface area contributed by atoms with Gasteiger partial charge in [0.1, 0.15) is 23.4 Å². The van der Waals surface area contributed by atoms with Crippen molar-refractivity contribution in [1.29, 1.82) is 0 Å². The monoisotopic (exact) mass is 417 g/mol. The number of benzene rings is 1. The highest BCUT2D eigenvalue weighted by atomic mass is 19.1. The number of aromatic nitrogens is 1. The van der Waals surface area contributed by atoms with E-state index in [4.69, 9.17) is 5.73 Å². The zero-order valence-electron chi connectivity index (χ0n) is 16.8. The van der Waals surface area contributed by atoms with Crippen molar-refractivity contribution in [2.24, 2.45) is 11.7 Å². The summed E-state index contributed by atoms with van der Waals surface area (Å²) in [5, 5.41) is 9.91. The number of nitrogens with zero attached hydrogens (tertiary/aromatic N) is 2. The van der Waals surface area contributed by atoms with Crippen LogP contribution in [0.2, 0.25) is 0 Å². The second-order valence-corrected chi connectivity index (χ2v) is 9.16. The minimum atomic E-state index is -1.38. The average molecular weight is 417 g/mol. The van der Waals surface area contributed by atoms with E-state index in [1.54, 1.807) is 11.5 Å². The molecule has 6 nitrogen and oxygen atoms in total. The number of rotatable bonds is 4. The topological polar surface area (TPSA) is 88.6 Å². The van der Waals surface area contributed by atoms with E-state index in [0.29, 0.717) is 24.2 Å². The maximum Gasteiger partial charge on any atom is 0.343 e. The van der Waals surface area contributed by atoms with E-state index in [9.17, 15) is 23.5 Å². The van der Waals surface area contributed by atoms with Crippen LogP contribution < -0.4 is 16.1 Å². The van der Waals surface area contributed by atoms with Crippen LogP contribution in [-0.4, -0.2) is 40.4 Å². The number of pyridine rings is 1. The van der Waals surface area contributed by atoms with Gasteiger partial charge in [0.2, 0.25) is 5.43 Å². The van der Waals surface area contributed by atoms with Crippen molar-refractivity contribution in [3.8, 4) is 0 Å². The predicted octanol–water partition coefficient (Wildman–Crippen LogP) is 3.14. The second kappa shape index (κ2) is 6.51. The second-order valence-electron chi connectivity index (χ2n) is 9.16. The van der Waals surface area contributed by atoms with Crippen molar-refractivity contribution in [3.63, 3.8) is 0 Å². The summed E-state index contributed by atoms with van der Waals surface area (Å²) in [7, 11) is 0. The molecule has 0 bridgehead atoms. The van der Waals surface area contributed by atoms with Gasteiger partial charge >= 0.3 is 5.97 Å². The molecule has 160 valence electrons. The molecule has 3 aliphatic rings. The Bertz CT molecular complexity index is 1130. The van der Waals surface area contributed by atoms with E-state index in [-0.39, 0.29) is 29.1 Å². The number of alkyl halides is 1. The van der Waals surface area contributed by atoms with Gasteiger partial charge in [-0.1, -0.05) is 0 Å². The number of nitrogens with two attached hydrogens (primary N) is 1. The van der Waals surface area contributed by atoms with Crippen LogP contribution in [-0.2, 0) is 0 Å². The number of aromatic carboxylic acids is 1. The first-order valence-electron chi connectivity index (χ1n) is 10.5. The summed E-state index contributed by atoms with van der Waals surface area (Å²) in [5.41, 5.74) is 6.05. The van der Waals surface area contributed by atoms with Crippen molar-refractivity contribution in [1.82, 2.24) is 4.57 Å². The Hall–Kier alpha value is -2.48. The predicted molar refractivity (Wildman–Crippen MR) is 110 cm³/mol. The molecule has 3 atom stereocenters. The molecule has 2 aromatic rings. The lowest BCUT2D eigenvalue weighted by atomic mass is 9.68. The Kier molecular flexibility index (Phi) is 4.23. The molecule has 1 aromatic carbocycles. The van der Waals surface area contributed by atoms with Crippen LogP contribution in [0.5, 0.6) is 0 Å². The van der Waals surface area contributed by atoms with Crippen LogP contribution in [0.15, 0.2) is 16.9 Å². The quantitative estimate of drug-likeness (QED) is 0.798. The van der Waals surface area contributed by atoms with Gasteiger partial charge in [0.05, 0.1) is 11.6 Å². The van der Waals surface area contributed by atoms with Crippen molar-refractivity contribution < 1.29 is 18.7 Å². The Labute approximate surface area is 172 Å². The van der Waals surface area contributed by atoms with E-state index < -0.39 is 35.0 Å². The Morgan fingerprint density at radius 1 is 1.33 bits per heavy atom. The standard InChI is InChI=1S/C22H25F2N3O3/c1-11-7-13(23)8-14-18(11)27(16-9-15(16)24)20(17(19(14)28)21(29)30)26-6-3-12(10-26)22(25)4-2-5-22/h7-8,12,15-16H,2-6,9-10,25H2,1H3,(H,29,30)/t12?,15-,16+/m0/s1. The molecule has 3 N–H and O–H groups in total. The number of carboxylic acids is 1. The number of anilines is 1. The van der Waals surface area contributed by atoms with Crippen molar-refractivity contribution in [2.45, 2.75) is 56.8 Å². The van der Waals surface area contributed by atoms with E-state index in [2.05, 4.69) is 0 Å². The van der Waals surface area contributed by atoms with Crippen LogP contribution in [0.3, 0.4) is 0 Å². The first-order valence-corrected chi connectivity index (χ1v) is 10.5. The van der Waals surface area contributed by atoms with Gasteiger partial charge in [-0.3, -0.25) is 4.79 Å². The van der Waals surface area contributed by atoms with Crippen LogP contribution in [0.25, 0.3) is 10.9 Å². The molecule has 30 heavy (non-hydrogen) atoms. The summed E-state index contributed by atoms with van der Waals surface area (Å²) < 4.78 is 30.0. The minimum absolute atomic E-state index is 0.0159. The lowest BCUT2D eigenvalue weighted by molar-refractivity contribution is 0.0695. The van der Waals surface area contributed by atoms with Gasteiger partial charge in [-0.15, -0.1) is 0 Å². The van der Waals surface area contributed by atoms with Gasteiger partial charge in [0.25, 0.3) is 0 Å². The van der Waals surface area contributed by atoms with Crippen LogP contribution in [0, 0.1) is 18.7 Å². The first-order chi connectivity index (χ1) is 14.2. The van der Waals surface area contributed by atoms with Crippen LogP contribution >= 0.6 is 0 Å². The molecule has 1 unspecified atom stereocenters. The normalized spacial score (nSPS) is 27.3. The van der Waals surface area contributed by atoms with Gasteiger partial charge < -0.3 is 20.3 Å².